The Morgan fingerprint density at radius 1 is 1.07 bits per heavy atom. The number of nitrogens with two attached hydrogens (primary N) is 1. The second-order valence-electron chi connectivity index (χ2n) is 7.50. The van der Waals surface area contributed by atoms with Crippen molar-refractivity contribution in [3.8, 4) is 22.6 Å². The van der Waals surface area contributed by atoms with E-state index >= 15 is 0 Å². The van der Waals surface area contributed by atoms with Crippen molar-refractivity contribution in [1.29, 1.82) is 0 Å². The van der Waals surface area contributed by atoms with Gasteiger partial charge in [-0.25, -0.2) is 19.3 Å². The molecule has 0 atom stereocenters. The number of hydrogen-bond acceptors (Lipinski definition) is 4. The molecule has 0 unspecified atom stereocenters. The van der Waals surface area contributed by atoms with Crippen molar-refractivity contribution in [1.82, 2.24) is 19.5 Å². The fraction of sp³-hybridized carbons (Fsp3) is 0.409. The minimum absolute atomic E-state index is 0.255. The molecular weight excluding hydrogens is 353 g/mol. The monoisotopic (exact) mass is 379 g/mol. The molecule has 2 heterocycles. The van der Waals surface area contributed by atoms with Gasteiger partial charge in [0.25, 0.3) is 0 Å². The SMILES string of the molecule is CCCc1cnc(N)nc1-c1c(-c2ccc(F)cc2)ncn1C1CCCCC1. The molecule has 5 nitrogen and oxygen atoms in total. The minimum Gasteiger partial charge on any atom is -0.368 e. The molecule has 2 N–H and O–H groups in total. The zero-order chi connectivity index (χ0) is 19.5. The molecule has 0 bridgehead atoms. The minimum atomic E-state index is -0.255. The third kappa shape index (κ3) is 3.63. The number of anilines is 1. The van der Waals surface area contributed by atoms with Gasteiger partial charge in [-0.15, -0.1) is 0 Å². The number of benzene rings is 1. The van der Waals surface area contributed by atoms with Gasteiger partial charge in [-0.3, -0.25) is 0 Å². The molecule has 0 radical (unpaired) electrons. The summed E-state index contributed by atoms with van der Waals surface area (Å²) in [6.45, 7) is 2.14. The molecule has 1 aliphatic rings. The molecule has 146 valence electrons. The number of aryl methyl sites for hydroxylation is 1. The van der Waals surface area contributed by atoms with Gasteiger partial charge in [0.1, 0.15) is 5.82 Å². The van der Waals surface area contributed by atoms with E-state index in [9.17, 15) is 4.39 Å². The van der Waals surface area contributed by atoms with Gasteiger partial charge in [0.2, 0.25) is 5.95 Å². The van der Waals surface area contributed by atoms with E-state index in [2.05, 4.69) is 21.5 Å². The number of hydrogen-bond donors (Lipinski definition) is 1. The Kier molecular flexibility index (Phi) is 5.37. The number of halogens is 1. The van der Waals surface area contributed by atoms with E-state index < -0.39 is 0 Å². The standard InChI is InChI=1S/C22H26FN5/c1-2-6-16-13-25-22(24)27-20(16)21-19(15-9-11-17(23)12-10-15)26-14-28(21)18-7-4-3-5-8-18/h9-14,18H,2-8H2,1H3,(H2,24,25,27). The van der Waals surface area contributed by atoms with Gasteiger partial charge in [0, 0.05) is 17.8 Å². The van der Waals surface area contributed by atoms with Crippen molar-refractivity contribution < 1.29 is 4.39 Å². The van der Waals surface area contributed by atoms with Crippen molar-refractivity contribution in [3.63, 3.8) is 0 Å². The summed E-state index contributed by atoms with van der Waals surface area (Å²) in [5, 5.41) is 0. The van der Waals surface area contributed by atoms with E-state index in [-0.39, 0.29) is 11.8 Å². The Bertz CT molecular complexity index is 942. The van der Waals surface area contributed by atoms with Gasteiger partial charge in [-0.1, -0.05) is 32.6 Å². The fourth-order valence-corrected chi connectivity index (χ4v) is 4.13. The second kappa shape index (κ2) is 8.09. The largest absolute Gasteiger partial charge is 0.368 e. The Morgan fingerprint density at radius 3 is 2.54 bits per heavy atom. The summed E-state index contributed by atoms with van der Waals surface area (Å²) in [4.78, 5) is 13.6. The lowest BCUT2D eigenvalue weighted by atomic mass is 9.94. The molecule has 0 aliphatic heterocycles. The highest BCUT2D eigenvalue weighted by Crippen LogP contribution is 2.38. The first-order valence-corrected chi connectivity index (χ1v) is 10.1. The van der Waals surface area contributed by atoms with Crippen LogP contribution in [0, 0.1) is 5.82 Å². The molecule has 0 spiro atoms. The molecule has 0 amide bonds. The van der Waals surface area contributed by atoms with Crippen LogP contribution < -0.4 is 5.73 Å². The molecule has 1 saturated carbocycles. The highest BCUT2D eigenvalue weighted by atomic mass is 19.1. The maximum Gasteiger partial charge on any atom is 0.220 e. The molecule has 2 aromatic heterocycles. The number of imidazole rings is 1. The van der Waals surface area contributed by atoms with Gasteiger partial charge in [0.15, 0.2) is 0 Å². The second-order valence-corrected chi connectivity index (χ2v) is 7.50. The maximum atomic E-state index is 13.5. The first-order chi connectivity index (χ1) is 13.7. The summed E-state index contributed by atoms with van der Waals surface area (Å²) in [6.07, 6.45) is 11.6. The third-order valence-electron chi connectivity index (χ3n) is 5.51. The van der Waals surface area contributed by atoms with Crippen LogP contribution in [0.3, 0.4) is 0 Å². The lowest BCUT2D eigenvalue weighted by Gasteiger charge is -2.25. The smallest absolute Gasteiger partial charge is 0.220 e. The van der Waals surface area contributed by atoms with Crippen LogP contribution in [0.25, 0.3) is 22.6 Å². The topological polar surface area (TPSA) is 69.6 Å². The quantitative estimate of drug-likeness (QED) is 0.662. The van der Waals surface area contributed by atoms with Crippen LogP contribution in [0.15, 0.2) is 36.8 Å². The lowest BCUT2D eigenvalue weighted by Crippen LogP contribution is -2.14. The summed E-state index contributed by atoms with van der Waals surface area (Å²) in [5.74, 6) is 0.00580. The van der Waals surface area contributed by atoms with Crippen LogP contribution in [0.5, 0.6) is 0 Å². The van der Waals surface area contributed by atoms with Gasteiger partial charge in [-0.05, 0) is 49.1 Å². The Morgan fingerprint density at radius 2 is 1.82 bits per heavy atom. The third-order valence-corrected chi connectivity index (χ3v) is 5.51. The molecule has 1 aliphatic carbocycles. The highest BCUT2D eigenvalue weighted by Gasteiger charge is 2.25. The highest BCUT2D eigenvalue weighted by molar-refractivity contribution is 5.78. The fourth-order valence-electron chi connectivity index (χ4n) is 4.13. The molecule has 1 aromatic carbocycles. The number of nitrogens with zero attached hydrogens (tertiary/aromatic N) is 4. The maximum absolute atomic E-state index is 13.5. The molecule has 6 heteroatoms. The average Bonchev–Trinajstić information content (AvgIpc) is 3.15. The Balaban J connectivity index is 1.91. The van der Waals surface area contributed by atoms with E-state index in [0.717, 1.165) is 53.9 Å². The first-order valence-electron chi connectivity index (χ1n) is 10.1. The molecule has 4 rings (SSSR count). The van der Waals surface area contributed by atoms with Crippen molar-refractivity contribution in [2.75, 3.05) is 5.73 Å². The summed E-state index contributed by atoms with van der Waals surface area (Å²) in [6, 6.07) is 6.89. The van der Waals surface area contributed by atoms with E-state index in [4.69, 9.17) is 10.7 Å². The Labute approximate surface area is 164 Å². The van der Waals surface area contributed by atoms with Gasteiger partial charge in [-0.2, -0.15) is 0 Å². The van der Waals surface area contributed by atoms with Crippen LogP contribution in [-0.4, -0.2) is 19.5 Å². The molecule has 28 heavy (non-hydrogen) atoms. The van der Waals surface area contributed by atoms with Crippen LogP contribution in [-0.2, 0) is 6.42 Å². The molecule has 1 fully saturated rings. The lowest BCUT2D eigenvalue weighted by molar-refractivity contribution is 0.355. The summed E-state index contributed by atoms with van der Waals surface area (Å²) in [7, 11) is 0. The zero-order valence-electron chi connectivity index (χ0n) is 16.2. The van der Waals surface area contributed by atoms with Gasteiger partial charge < -0.3 is 10.3 Å². The molecule has 3 aromatic rings. The van der Waals surface area contributed by atoms with E-state index in [1.807, 2.05) is 12.5 Å². The first kappa shape index (κ1) is 18.6. The van der Waals surface area contributed by atoms with Crippen molar-refractivity contribution in [3.05, 3.63) is 48.2 Å². The predicted molar refractivity (Wildman–Crippen MR) is 109 cm³/mol. The van der Waals surface area contributed by atoms with Crippen molar-refractivity contribution in [2.45, 2.75) is 57.9 Å². The summed E-state index contributed by atoms with van der Waals surface area (Å²) in [5.41, 5.74) is 10.5. The van der Waals surface area contributed by atoms with E-state index in [1.54, 1.807) is 12.1 Å². The van der Waals surface area contributed by atoms with Crippen LogP contribution in [0.4, 0.5) is 10.3 Å². The van der Waals surface area contributed by atoms with Crippen LogP contribution in [0.1, 0.15) is 57.1 Å². The normalized spacial score (nSPS) is 15.1. The molecular formula is C22H26FN5. The van der Waals surface area contributed by atoms with Crippen molar-refractivity contribution in [2.24, 2.45) is 0 Å². The molecule has 0 saturated heterocycles. The van der Waals surface area contributed by atoms with Crippen LogP contribution >= 0.6 is 0 Å². The number of nitrogen functional groups attached to an aromatic ring is 1. The van der Waals surface area contributed by atoms with Gasteiger partial charge >= 0.3 is 0 Å². The van der Waals surface area contributed by atoms with E-state index in [0.29, 0.717) is 6.04 Å². The number of aromatic nitrogens is 4. The zero-order valence-corrected chi connectivity index (χ0v) is 16.2. The Hall–Kier alpha value is -2.76. The van der Waals surface area contributed by atoms with Gasteiger partial charge in [0.05, 0.1) is 23.4 Å². The predicted octanol–water partition coefficient (Wildman–Crippen LogP) is 5.19. The van der Waals surface area contributed by atoms with Crippen molar-refractivity contribution >= 4 is 5.95 Å². The van der Waals surface area contributed by atoms with Crippen LogP contribution in [0.2, 0.25) is 0 Å². The summed E-state index contributed by atoms with van der Waals surface area (Å²) < 4.78 is 15.7. The average molecular weight is 379 g/mol. The number of rotatable bonds is 5. The summed E-state index contributed by atoms with van der Waals surface area (Å²) >= 11 is 0. The van der Waals surface area contributed by atoms with E-state index in [1.165, 1.54) is 31.4 Å².